The average molecular weight is 159 g/mol. The summed E-state index contributed by atoms with van der Waals surface area (Å²) in [6.45, 7) is 4.12. The van der Waals surface area contributed by atoms with Gasteiger partial charge in [0.25, 0.3) is 0 Å². The molecule has 1 rings (SSSR count). The molecule has 3 heteroatoms. The summed E-state index contributed by atoms with van der Waals surface area (Å²) in [4.78, 5) is 0. The topological polar surface area (TPSA) is 55.5 Å². The van der Waals surface area contributed by atoms with E-state index in [1.54, 1.807) is 13.8 Å². The molecule has 0 bridgehead atoms. The highest BCUT2D eigenvalue weighted by Gasteiger charge is 2.31. The largest absolute Gasteiger partial charge is 0.388 e. The lowest BCUT2D eigenvalue weighted by molar-refractivity contribution is -0.112. The van der Waals surface area contributed by atoms with Gasteiger partial charge in [0.1, 0.15) is 0 Å². The van der Waals surface area contributed by atoms with Gasteiger partial charge in [-0.25, -0.2) is 0 Å². The zero-order valence-corrected chi connectivity index (χ0v) is 7.21. The molecule has 0 amide bonds. The standard InChI is InChI=1S/C8H17NO2/c1-8(2,10)7-4-3-6(9)5-11-7/h6-7,10H,3-5,9H2,1-2H3/t6-,7+/m1/s1. The van der Waals surface area contributed by atoms with Crippen LogP contribution in [0.15, 0.2) is 0 Å². The van der Waals surface area contributed by atoms with Crippen LogP contribution in [0, 0.1) is 0 Å². The predicted molar refractivity (Wildman–Crippen MR) is 43.2 cm³/mol. The Bertz CT molecular complexity index is 123. The van der Waals surface area contributed by atoms with Crippen LogP contribution in [0.4, 0.5) is 0 Å². The lowest BCUT2D eigenvalue weighted by atomic mass is 9.93. The number of ether oxygens (including phenoxy) is 1. The monoisotopic (exact) mass is 159 g/mol. The minimum atomic E-state index is -0.722. The number of aliphatic hydroxyl groups is 1. The molecule has 0 aromatic heterocycles. The van der Waals surface area contributed by atoms with Crippen molar-refractivity contribution < 1.29 is 9.84 Å². The summed E-state index contributed by atoms with van der Waals surface area (Å²) in [6, 6.07) is 0.161. The van der Waals surface area contributed by atoms with Crippen LogP contribution in [-0.4, -0.2) is 29.5 Å². The lowest BCUT2D eigenvalue weighted by Gasteiger charge is -2.34. The summed E-state index contributed by atoms with van der Waals surface area (Å²) in [6.07, 6.45) is 1.78. The molecule has 2 atom stereocenters. The first-order valence-corrected chi connectivity index (χ1v) is 4.09. The minimum absolute atomic E-state index is 0.0395. The average Bonchev–Trinajstić information content (AvgIpc) is 1.86. The zero-order valence-electron chi connectivity index (χ0n) is 7.21. The first kappa shape index (κ1) is 8.97. The van der Waals surface area contributed by atoms with Gasteiger partial charge in [0, 0.05) is 6.04 Å². The van der Waals surface area contributed by atoms with Gasteiger partial charge in [-0.15, -0.1) is 0 Å². The summed E-state index contributed by atoms with van der Waals surface area (Å²) in [7, 11) is 0. The van der Waals surface area contributed by atoms with E-state index in [0.717, 1.165) is 12.8 Å². The van der Waals surface area contributed by atoms with Gasteiger partial charge in [-0.1, -0.05) is 0 Å². The summed E-state index contributed by atoms with van der Waals surface area (Å²) in [5.41, 5.74) is 4.91. The van der Waals surface area contributed by atoms with Crippen LogP contribution in [0.2, 0.25) is 0 Å². The molecule has 0 radical (unpaired) electrons. The maximum atomic E-state index is 9.56. The van der Waals surface area contributed by atoms with E-state index in [1.807, 2.05) is 0 Å². The molecule has 3 N–H and O–H groups in total. The maximum absolute atomic E-state index is 9.56. The molecule has 0 aliphatic carbocycles. The second-order valence-corrected chi connectivity index (χ2v) is 3.81. The van der Waals surface area contributed by atoms with Crippen molar-refractivity contribution >= 4 is 0 Å². The Labute approximate surface area is 67.5 Å². The third-order valence-corrected chi connectivity index (χ3v) is 2.10. The molecule has 1 saturated heterocycles. The van der Waals surface area contributed by atoms with Crippen LogP contribution in [0.3, 0.4) is 0 Å². The first-order valence-electron chi connectivity index (χ1n) is 4.09. The van der Waals surface area contributed by atoms with Crippen molar-refractivity contribution in [2.45, 2.75) is 44.4 Å². The second kappa shape index (κ2) is 3.09. The zero-order chi connectivity index (χ0) is 8.48. The van der Waals surface area contributed by atoms with E-state index in [-0.39, 0.29) is 12.1 Å². The van der Waals surface area contributed by atoms with Crippen LogP contribution in [0.5, 0.6) is 0 Å². The molecule has 0 unspecified atom stereocenters. The van der Waals surface area contributed by atoms with Crippen molar-refractivity contribution in [1.29, 1.82) is 0 Å². The van der Waals surface area contributed by atoms with E-state index in [1.165, 1.54) is 0 Å². The Kier molecular flexibility index (Phi) is 2.52. The highest BCUT2D eigenvalue weighted by Crippen LogP contribution is 2.22. The predicted octanol–water partition coefficient (Wildman–Crippen LogP) is 0.264. The first-order chi connectivity index (χ1) is 5.00. The Balaban J connectivity index is 2.39. The molecular formula is C8H17NO2. The van der Waals surface area contributed by atoms with E-state index in [0.29, 0.717) is 6.61 Å². The molecule has 11 heavy (non-hydrogen) atoms. The quantitative estimate of drug-likeness (QED) is 0.577. The Morgan fingerprint density at radius 2 is 2.09 bits per heavy atom. The molecule has 0 spiro atoms. The molecule has 1 heterocycles. The fourth-order valence-corrected chi connectivity index (χ4v) is 1.33. The van der Waals surface area contributed by atoms with Crippen molar-refractivity contribution in [3.63, 3.8) is 0 Å². The van der Waals surface area contributed by atoms with Crippen molar-refractivity contribution in [2.75, 3.05) is 6.61 Å². The second-order valence-electron chi connectivity index (χ2n) is 3.81. The normalized spacial score (nSPS) is 33.8. The van der Waals surface area contributed by atoms with Gasteiger partial charge in [0.05, 0.1) is 18.3 Å². The highest BCUT2D eigenvalue weighted by atomic mass is 16.5. The smallest absolute Gasteiger partial charge is 0.0857 e. The van der Waals surface area contributed by atoms with Gasteiger partial charge in [-0.3, -0.25) is 0 Å². The van der Waals surface area contributed by atoms with Crippen molar-refractivity contribution in [1.82, 2.24) is 0 Å². The summed E-state index contributed by atoms with van der Waals surface area (Å²) in [5, 5.41) is 9.56. The molecule has 0 aromatic carbocycles. The van der Waals surface area contributed by atoms with Gasteiger partial charge in [-0.05, 0) is 26.7 Å². The van der Waals surface area contributed by atoms with Gasteiger partial charge in [0.2, 0.25) is 0 Å². The molecule has 1 aliphatic rings. The van der Waals surface area contributed by atoms with Crippen molar-refractivity contribution in [3.8, 4) is 0 Å². The van der Waals surface area contributed by atoms with Gasteiger partial charge >= 0.3 is 0 Å². The number of nitrogens with two attached hydrogens (primary N) is 1. The Morgan fingerprint density at radius 1 is 1.45 bits per heavy atom. The van der Waals surface area contributed by atoms with Gasteiger partial charge < -0.3 is 15.6 Å². The van der Waals surface area contributed by atoms with Gasteiger partial charge in [-0.2, -0.15) is 0 Å². The van der Waals surface area contributed by atoms with Crippen LogP contribution < -0.4 is 5.73 Å². The summed E-state index contributed by atoms with van der Waals surface area (Å²) in [5.74, 6) is 0. The van der Waals surface area contributed by atoms with E-state index in [4.69, 9.17) is 10.5 Å². The van der Waals surface area contributed by atoms with E-state index >= 15 is 0 Å². The van der Waals surface area contributed by atoms with E-state index in [2.05, 4.69) is 0 Å². The fraction of sp³-hybridized carbons (Fsp3) is 1.00. The third-order valence-electron chi connectivity index (χ3n) is 2.10. The summed E-state index contributed by atoms with van der Waals surface area (Å²) < 4.78 is 5.38. The maximum Gasteiger partial charge on any atom is 0.0857 e. The van der Waals surface area contributed by atoms with Crippen LogP contribution in [0.1, 0.15) is 26.7 Å². The van der Waals surface area contributed by atoms with Crippen LogP contribution in [-0.2, 0) is 4.74 Å². The molecule has 3 nitrogen and oxygen atoms in total. The minimum Gasteiger partial charge on any atom is -0.388 e. The SMILES string of the molecule is CC(C)(O)[C@@H]1CC[C@@H](N)CO1. The lowest BCUT2D eigenvalue weighted by Crippen LogP contribution is -2.45. The van der Waals surface area contributed by atoms with Crippen LogP contribution in [0.25, 0.3) is 0 Å². The van der Waals surface area contributed by atoms with E-state index in [9.17, 15) is 5.11 Å². The molecular weight excluding hydrogens is 142 g/mol. The van der Waals surface area contributed by atoms with E-state index < -0.39 is 5.60 Å². The molecule has 1 fully saturated rings. The molecule has 0 aromatic rings. The number of rotatable bonds is 1. The molecule has 66 valence electrons. The Morgan fingerprint density at radius 3 is 2.45 bits per heavy atom. The number of hydrogen-bond acceptors (Lipinski definition) is 3. The van der Waals surface area contributed by atoms with Gasteiger partial charge in [0.15, 0.2) is 0 Å². The van der Waals surface area contributed by atoms with Crippen molar-refractivity contribution in [3.05, 3.63) is 0 Å². The Hall–Kier alpha value is -0.120. The number of hydrogen-bond donors (Lipinski definition) is 2. The highest BCUT2D eigenvalue weighted by molar-refractivity contribution is 4.83. The summed E-state index contributed by atoms with van der Waals surface area (Å²) >= 11 is 0. The fourth-order valence-electron chi connectivity index (χ4n) is 1.33. The molecule has 0 saturated carbocycles. The molecule has 1 aliphatic heterocycles. The van der Waals surface area contributed by atoms with Crippen molar-refractivity contribution in [2.24, 2.45) is 5.73 Å². The van der Waals surface area contributed by atoms with Crippen LogP contribution >= 0.6 is 0 Å². The third kappa shape index (κ3) is 2.43.